The molecule has 0 radical (unpaired) electrons. The second kappa shape index (κ2) is 8.75. The Labute approximate surface area is 166 Å². The summed E-state index contributed by atoms with van der Waals surface area (Å²) in [5.41, 5.74) is -0.430. The Morgan fingerprint density at radius 1 is 1.31 bits per heavy atom. The summed E-state index contributed by atoms with van der Waals surface area (Å²) in [5, 5.41) is 19.5. The number of ether oxygens (including phenoxy) is 2. The highest BCUT2D eigenvalue weighted by Crippen LogP contribution is 2.15. The number of aliphatic hydroxyl groups excluding tert-OH is 1. The zero-order chi connectivity index (χ0) is 21.0. The normalized spacial score (nSPS) is 13.4. The van der Waals surface area contributed by atoms with Gasteiger partial charge in [-0.25, -0.2) is 9.59 Å². The molecule has 1 N–H and O–H groups in total. The van der Waals surface area contributed by atoms with E-state index in [1.807, 2.05) is 6.07 Å². The van der Waals surface area contributed by atoms with E-state index in [2.05, 4.69) is 0 Å². The summed E-state index contributed by atoms with van der Waals surface area (Å²) in [7, 11) is 0. The quantitative estimate of drug-likeness (QED) is 0.670. The van der Waals surface area contributed by atoms with Gasteiger partial charge in [0.1, 0.15) is 30.1 Å². The molecular formula is C20H21N3O6. The van der Waals surface area contributed by atoms with Gasteiger partial charge in [-0.3, -0.25) is 13.9 Å². The Morgan fingerprint density at radius 2 is 2.03 bits per heavy atom. The fraction of sp³-hybridized carbons (Fsp3) is 0.400. The molecule has 0 spiro atoms. The summed E-state index contributed by atoms with van der Waals surface area (Å²) in [6.07, 6.45) is 0.0689. The van der Waals surface area contributed by atoms with Crippen LogP contribution in [0.2, 0.25) is 0 Å². The molecule has 9 nitrogen and oxygen atoms in total. The summed E-state index contributed by atoms with van der Waals surface area (Å²) in [5.74, 6) is -0.0309. The number of aromatic nitrogens is 2. The molecule has 0 saturated carbocycles. The topological polar surface area (TPSA) is 124 Å². The number of esters is 1. The number of aliphatic hydroxyl groups is 1. The van der Waals surface area contributed by atoms with Crippen molar-refractivity contribution in [2.45, 2.75) is 39.0 Å². The maximum atomic E-state index is 12.5. The van der Waals surface area contributed by atoms with Crippen LogP contribution in [0.4, 0.5) is 0 Å². The largest absolute Gasteiger partial charge is 0.491 e. The maximum Gasteiger partial charge on any atom is 0.338 e. The summed E-state index contributed by atoms with van der Waals surface area (Å²) < 4.78 is 12.7. The van der Waals surface area contributed by atoms with E-state index < -0.39 is 23.3 Å². The van der Waals surface area contributed by atoms with Crippen molar-refractivity contribution >= 4 is 5.97 Å². The van der Waals surface area contributed by atoms with Crippen LogP contribution in [-0.4, -0.2) is 39.5 Å². The first-order valence-electron chi connectivity index (χ1n) is 9.31. The molecule has 2 heterocycles. The van der Waals surface area contributed by atoms with Gasteiger partial charge in [-0.15, -0.1) is 0 Å². The van der Waals surface area contributed by atoms with Gasteiger partial charge in [-0.1, -0.05) is 0 Å². The molecule has 1 unspecified atom stereocenters. The van der Waals surface area contributed by atoms with Crippen molar-refractivity contribution in [3.8, 4) is 11.8 Å². The van der Waals surface area contributed by atoms with E-state index in [9.17, 15) is 24.8 Å². The molecule has 0 aliphatic carbocycles. The number of nitriles is 1. The van der Waals surface area contributed by atoms with E-state index >= 15 is 0 Å². The lowest BCUT2D eigenvalue weighted by atomic mass is 10.2. The Morgan fingerprint density at radius 3 is 2.69 bits per heavy atom. The number of fused-ring (bicyclic) bond motifs is 1. The van der Waals surface area contributed by atoms with Gasteiger partial charge in [0.05, 0.1) is 18.7 Å². The second-order valence-corrected chi connectivity index (χ2v) is 6.60. The molecule has 29 heavy (non-hydrogen) atoms. The predicted octanol–water partition coefficient (Wildman–Crippen LogP) is 0.444. The summed E-state index contributed by atoms with van der Waals surface area (Å²) in [4.78, 5) is 36.6. The first kappa shape index (κ1) is 20.4. The van der Waals surface area contributed by atoms with Crippen molar-refractivity contribution < 1.29 is 19.4 Å². The van der Waals surface area contributed by atoms with E-state index in [0.717, 1.165) is 4.57 Å². The molecule has 1 aromatic carbocycles. The molecule has 9 heteroatoms. The molecular weight excluding hydrogens is 378 g/mol. The fourth-order valence-corrected chi connectivity index (χ4v) is 3.27. The van der Waals surface area contributed by atoms with Gasteiger partial charge >= 0.3 is 11.7 Å². The lowest BCUT2D eigenvalue weighted by molar-refractivity contribution is 0.0526. The molecule has 1 aromatic heterocycles. The molecule has 152 valence electrons. The van der Waals surface area contributed by atoms with Gasteiger partial charge in [0.2, 0.25) is 0 Å². The first-order valence-corrected chi connectivity index (χ1v) is 9.31. The molecule has 0 bridgehead atoms. The fourth-order valence-electron chi connectivity index (χ4n) is 3.27. The highest BCUT2D eigenvalue weighted by Gasteiger charge is 2.23. The van der Waals surface area contributed by atoms with Gasteiger partial charge in [0.25, 0.3) is 5.56 Å². The molecule has 0 fully saturated rings. The van der Waals surface area contributed by atoms with Gasteiger partial charge in [-0.2, -0.15) is 5.26 Å². The third-order valence-electron chi connectivity index (χ3n) is 4.64. The average molecular weight is 399 g/mol. The lowest BCUT2D eigenvalue weighted by Gasteiger charge is -2.15. The average Bonchev–Trinajstić information content (AvgIpc) is 3.20. The van der Waals surface area contributed by atoms with Crippen LogP contribution in [0.15, 0.2) is 33.9 Å². The van der Waals surface area contributed by atoms with E-state index in [1.54, 1.807) is 19.1 Å². The van der Waals surface area contributed by atoms with Gasteiger partial charge in [-0.05, 0) is 44.0 Å². The van der Waals surface area contributed by atoms with Crippen LogP contribution in [0.3, 0.4) is 0 Å². The number of rotatable bonds is 7. The Kier molecular flexibility index (Phi) is 6.14. The summed E-state index contributed by atoms with van der Waals surface area (Å²) in [6.45, 7) is 1.98. The SMILES string of the molecule is CCOC(=O)c1ccc(OCC(O)Cn2c(=O)c(C#N)c3n(c2=O)CCC3)cc1. The van der Waals surface area contributed by atoms with Crippen LogP contribution in [0.25, 0.3) is 0 Å². The minimum absolute atomic E-state index is 0.0511. The van der Waals surface area contributed by atoms with Crippen molar-refractivity contribution in [2.24, 2.45) is 0 Å². The van der Waals surface area contributed by atoms with E-state index in [0.29, 0.717) is 36.4 Å². The zero-order valence-corrected chi connectivity index (χ0v) is 16.0. The third-order valence-corrected chi connectivity index (χ3v) is 4.64. The minimum Gasteiger partial charge on any atom is -0.491 e. The Bertz CT molecular complexity index is 1060. The van der Waals surface area contributed by atoms with Gasteiger partial charge in [0, 0.05) is 12.2 Å². The summed E-state index contributed by atoms with van der Waals surface area (Å²) >= 11 is 0. The van der Waals surface area contributed by atoms with Crippen LogP contribution in [0, 0.1) is 11.3 Å². The van der Waals surface area contributed by atoms with E-state index in [1.165, 1.54) is 16.7 Å². The lowest BCUT2D eigenvalue weighted by Crippen LogP contribution is -2.44. The molecule has 3 rings (SSSR count). The molecule has 2 aromatic rings. The minimum atomic E-state index is -1.14. The number of carbonyl (C=O) groups excluding carboxylic acids is 1. The standard InChI is InChI=1S/C20H21N3O6/c1-2-28-19(26)13-5-7-15(8-6-13)29-12-14(24)11-23-18(25)16(10-21)17-4-3-9-22(17)20(23)27/h5-8,14,24H,2-4,9,11-12H2,1H3. The Hall–Kier alpha value is -3.38. The Balaban J connectivity index is 1.68. The number of hydrogen-bond acceptors (Lipinski definition) is 7. The maximum absolute atomic E-state index is 12.5. The van der Waals surface area contributed by atoms with Crippen LogP contribution >= 0.6 is 0 Å². The number of benzene rings is 1. The summed E-state index contributed by atoms with van der Waals surface area (Å²) in [6, 6.07) is 8.07. The van der Waals surface area contributed by atoms with Gasteiger partial charge in [0.15, 0.2) is 0 Å². The van der Waals surface area contributed by atoms with Crippen molar-refractivity contribution in [1.29, 1.82) is 5.26 Å². The van der Waals surface area contributed by atoms with Crippen molar-refractivity contribution in [2.75, 3.05) is 13.2 Å². The number of hydrogen-bond donors (Lipinski definition) is 1. The number of nitrogens with zero attached hydrogens (tertiary/aromatic N) is 3. The van der Waals surface area contributed by atoms with Crippen molar-refractivity contribution in [3.05, 3.63) is 61.9 Å². The third kappa shape index (κ3) is 4.22. The van der Waals surface area contributed by atoms with Crippen LogP contribution in [-0.2, 0) is 24.2 Å². The molecule has 1 aliphatic heterocycles. The first-order chi connectivity index (χ1) is 14.0. The van der Waals surface area contributed by atoms with Crippen LogP contribution < -0.4 is 16.0 Å². The number of carbonyl (C=O) groups is 1. The molecule has 1 atom stereocenters. The van der Waals surface area contributed by atoms with Gasteiger partial charge < -0.3 is 14.6 Å². The van der Waals surface area contributed by atoms with E-state index in [4.69, 9.17) is 9.47 Å². The highest BCUT2D eigenvalue weighted by molar-refractivity contribution is 5.89. The smallest absolute Gasteiger partial charge is 0.338 e. The van der Waals surface area contributed by atoms with E-state index in [-0.39, 0.29) is 25.3 Å². The monoisotopic (exact) mass is 399 g/mol. The predicted molar refractivity (Wildman–Crippen MR) is 102 cm³/mol. The molecule has 1 aliphatic rings. The zero-order valence-electron chi connectivity index (χ0n) is 16.0. The van der Waals surface area contributed by atoms with Crippen LogP contribution in [0.1, 0.15) is 35.0 Å². The molecule has 0 amide bonds. The van der Waals surface area contributed by atoms with Crippen molar-refractivity contribution in [3.63, 3.8) is 0 Å². The molecule has 0 saturated heterocycles. The second-order valence-electron chi connectivity index (χ2n) is 6.60. The highest BCUT2D eigenvalue weighted by atomic mass is 16.5. The van der Waals surface area contributed by atoms with Crippen molar-refractivity contribution in [1.82, 2.24) is 9.13 Å². The van der Waals surface area contributed by atoms with Crippen LogP contribution in [0.5, 0.6) is 5.75 Å².